The van der Waals surface area contributed by atoms with Crippen molar-refractivity contribution in [3.63, 3.8) is 0 Å². The van der Waals surface area contributed by atoms with Crippen molar-refractivity contribution in [2.24, 2.45) is 0 Å². The highest BCUT2D eigenvalue weighted by Gasteiger charge is 2.18. The van der Waals surface area contributed by atoms with Gasteiger partial charge in [-0.15, -0.1) is 10.2 Å². The van der Waals surface area contributed by atoms with Crippen molar-refractivity contribution in [2.75, 3.05) is 11.1 Å². The SMILES string of the molecule is O=C(CSc1nnc(-c2cnccn2)n1-c1ccccc1)Nc1ccc2cn[nH]c2c1. The maximum atomic E-state index is 12.5. The van der Waals surface area contributed by atoms with Crippen molar-refractivity contribution in [3.8, 4) is 17.2 Å². The molecule has 3 heterocycles. The van der Waals surface area contributed by atoms with Crippen LogP contribution in [0.5, 0.6) is 0 Å². The lowest BCUT2D eigenvalue weighted by Gasteiger charge is -2.10. The van der Waals surface area contributed by atoms with Crippen LogP contribution in [0.15, 0.2) is 78.5 Å². The molecule has 0 saturated heterocycles. The summed E-state index contributed by atoms with van der Waals surface area (Å²) in [6.45, 7) is 0. The van der Waals surface area contributed by atoms with E-state index >= 15 is 0 Å². The van der Waals surface area contributed by atoms with Crippen molar-refractivity contribution in [1.29, 1.82) is 0 Å². The van der Waals surface area contributed by atoms with Crippen LogP contribution in [0.25, 0.3) is 28.1 Å². The number of rotatable bonds is 6. The zero-order chi connectivity index (χ0) is 21.0. The predicted octanol–water partition coefficient (Wildman–Crippen LogP) is 3.33. The molecule has 0 spiro atoms. The second-order valence-electron chi connectivity index (χ2n) is 6.58. The number of anilines is 1. The van der Waals surface area contributed by atoms with E-state index in [-0.39, 0.29) is 11.7 Å². The van der Waals surface area contributed by atoms with Crippen LogP contribution in [0.2, 0.25) is 0 Å². The molecule has 0 aliphatic heterocycles. The highest BCUT2D eigenvalue weighted by molar-refractivity contribution is 7.99. The summed E-state index contributed by atoms with van der Waals surface area (Å²) in [5.41, 5.74) is 3.04. The summed E-state index contributed by atoms with van der Waals surface area (Å²) in [5, 5.41) is 20.0. The number of amides is 1. The number of para-hydroxylation sites is 1. The topological polar surface area (TPSA) is 114 Å². The molecule has 2 aromatic carbocycles. The Balaban J connectivity index is 1.37. The van der Waals surface area contributed by atoms with Gasteiger partial charge < -0.3 is 5.32 Å². The van der Waals surface area contributed by atoms with E-state index in [0.717, 1.165) is 16.6 Å². The Bertz CT molecular complexity index is 1330. The van der Waals surface area contributed by atoms with E-state index in [0.29, 0.717) is 22.4 Å². The highest BCUT2D eigenvalue weighted by Crippen LogP contribution is 2.27. The highest BCUT2D eigenvalue weighted by atomic mass is 32.2. The Morgan fingerprint density at radius 3 is 2.81 bits per heavy atom. The Kier molecular flexibility index (Phi) is 5.11. The standard InChI is InChI=1S/C21H16N8OS/c30-19(25-15-7-6-14-11-24-26-17(14)10-15)13-31-21-28-27-20(18-12-22-8-9-23-18)29(21)16-4-2-1-3-5-16/h1-12H,13H2,(H,24,26)(H,25,30). The average molecular weight is 428 g/mol. The molecular weight excluding hydrogens is 412 g/mol. The maximum absolute atomic E-state index is 12.5. The van der Waals surface area contributed by atoms with Gasteiger partial charge in [-0.1, -0.05) is 30.0 Å². The third-order valence-corrected chi connectivity index (χ3v) is 5.43. The molecule has 0 bridgehead atoms. The molecule has 0 radical (unpaired) electrons. The lowest BCUT2D eigenvalue weighted by molar-refractivity contribution is -0.113. The molecule has 0 fully saturated rings. The zero-order valence-corrected chi connectivity index (χ0v) is 17.0. The molecule has 1 amide bonds. The van der Waals surface area contributed by atoms with E-state index in [9.17, 15) is 4.79 Å². The van der Waals surface area contributed by atoms with Crippen LogP contribution in [0.4, 0.5) is 5.69 Å². The van der Waals surface area contributed by atoms with Crippen LogP contribution in [0, 0.1) is 0 Å². The fraction of sp³-hybridized carbons (Fsp3) is 0.0476. The van der Waals surface area contributed by atoms with Gasteiger partial charge in [-0.05, 0) is 30.3 Å². The lowest BCUT2D eigenvalue weighted by Crippen LogP contribution is -2.14. The molecule has 2 N–H and O–H groups in total. The van der Waals surface area contributed by atoms with Crippen LogP contribution < -0.4 is 5.32 Å². The number of nitrogens with zero attached hydrogens (tertiary/aromatic N) is 6. The van der Waals surface area contributed by atoms with Gasteiger partial charge in [0.15, 0.2) is 11.0 Å². The number of carbonyl (C=O) groups is 1. The number of aromatic amines is 1. The van der Waals surface area contributed by atoms with Crippen molar-refractivity contribution >= 4 is 34.3 Å². The minimum Gasteiger partial charge on any atom is -0.325 e. The second kappa shape index (κ2) is 8.36. The first-order valence-electron chi connectivity index (χ1n) is 9.41. The molecule has 5 rings (SSSR count). The number of aromatic nitrogens is 7. The third-order valence-electron chi connectivity index (χ3n) is 4.50. The molecule has 5 aromatic rings. The minimum atomic E-state index is -0.146. The maximum Gasteiger partial charge on any atom is 0.234 e. The van der Waals surface area contributed by atoms with Crippen LogP contribution >= 0.6 is 11.8 Å². The number of thioether (sulfide) groups is 1. The van der Waals surface area contributed by atoms with Crippen molar-refractivity contribution in [2.45, 2.75) is 5.16 Å². The van der Waals surface area contributed by atoms with E-state index in [4.69, 9.17) is 0 Å². The first-order valence-corrected chi connectivity index (χ1v) is 10.4. The van der Waals surface area contributed by atoms with Gasteiger partial charge in [-0.2, -0.15) is 5.10 Å². The predicted molar refractivity (Wildman–Crippen MR) is 118 cm³/mol. The second-order valence-corrected chi connectivity index (χ2v) is 7.52. The number of benzene rings is 2. The lowest BCUT2D eigenvalue weighted by atomic mass is 10.2. The summed E-state index contributed by atoms with van der Waals surface area (Å²) < 4.78 is 1.87. The summed E-state index contributed by atoms with van der Waals surface area (Å²) in [6, 6.07) is 15.3. The molecule has 0 atom stereocenters. The van der Waals surface area contributed by atoms with Crippen LogP contribution in [-0.2, 0) is 4.79 Å². The van der Waals surface area contributed by atoms with Crippen LogP contribution in [-0.4, -0.2) is 46.6 Å². The fourth-order valence-electron chi connectivity index (χ4n) is 3.10. The molecule has 152 valence electrons. The van der Waals surface area contributed by atoms with E-state index < -0.39 is 0 Å². The van der Waals surface area contributed by atoms with Gasteiger partial charge in [-0.3, -0.25) is 19.4 Å². The quantitative estimate of drug-likeness (QED) is 0.399. The molecule has 10 heteroatoms. The monoisotopic (exact) mass is 428 g/mol. The number of carbonyl (C=O) groups excluding carboxylic acids is 1. The van der Waals surface area contributed by atoms with Gasteiger partial charge >= 0.3 is 0 Å². The molecule has 0 aliphatic carbocycles. The molecule has 0 saturated carbocycles. The largest absolute Gasteiger partial charge is 0.325 e. The minimum absolute atomic E-state index is 0.146. The summed E-state index contributed by atoms with van der Waals surface area (Å²) in [7, 11) is 0. The Hall–Kier alpha value is -4.05. The van der Waals surface area contributed by atoms with Crippen molar-refractivity contribution in [1.82, 2.24) is 34.9 Å². The van der Waals surface area contributed by atoms with E-state index in [1.807, 2.05) is 53.1 Å². The number of fused-ring (bicyclic) bond motifs is 1. The van der Waals surface area contributed by atoms with E-state index in [2.05, 4.69) is 35.7 Å². The molecule has 31 heavy (non-hydrogen) atoms. The van der Waals surface area contributed by atoms with Gasteiger partial charge in [0.05, 0.1) is 23.7 Å². The zero-order valence-electron chi connectivity index (χ0n) is 16.1. The average Bonchev–Trinajstić information content (AvgIpc) is 3.45. The van der Waals surface area contributed by atoms with Crippen molar-refractivity contribution < 1.29 is 4.79 Å². The molecule has 3 aromatic heterocycles. The summed E-state index contributed by atoms with van der Waals surface area (Å²) in [5.74, 6) is 0.589. The number of hydrogen-bond acceptors (Lipinski definition) is 7. The summed E-state index contributed by atoms with van der Waals surface area (Å²) >= 11 is 1.30. The summed E-state index contributed by atoms with van der Waals surface area (Å²) in [4.78, 5) is 21.0. The van der Waals surface area contributed by atoms with Gasteiger partial charge in [0.1, 0.15) is 5.69 Å². The number of hydrogen-bond donors (Lipinski definition) is 2. The Morgan fingerprint density at radius 2 is 1.97 bits per heavy atom. The first kappa shape index (κ1) is 18.9. The van der Waals surface area contributed by atoms with E-state index in [1.165, 1.54) is 11.8 Å². The van der Waals surface area contributed by atoms with Gasteiger partial charge in [-0.25, -0.2) is 4.98 Å². The molecule has 0 aliphatic rings. The fourth-order valence-corrected chi connectivity index (χ4v) is 3.85. The summed E-state index contributed by atoms with van der Waals surface area (Å²) in [6.07, 6.45) is 6.58. The van der Waals surface area contributed by atoms with Gasteiger partial charge in [0, 0.05) is 29.2 Å². The van der Waals surface area contributed by atoms with Gasteiger partial charge in [0.25, 0.3) is 0 Å². The first-order chi connectivity index (χ1) is 15.3. The molecule has 0 unspecified atom stereocenters. The van der Waals surface area contributed by atoms with Crippen LogP contribution in [0.1, 0.15) is 0 Å². The normalized spacial score (nSPS) is 11.0. The molecular formula is C21H16N8OS. The number of nitrogens with one attached hydrogen (secondary N) is 2. The Morgan fingerprint density at radius 1 is 1.06 bits per heavy atom. The third kappa shape index (κ3) is 4.01. The van der Waals surface area contributed by atoms with Gasteiger partial charge in [0.2, 0.25) is 5.91 Å². The van der Waals surface area contributed by atoms with Crippen molar-refractivity contribution in [3.05, 3.63) is 73.3 Å². The Labute approximate surface area is 181 Å². The molecule has 9 nitrogen and oxygen atoms in total. The van der Waals surface area contributed by atoms with E-state index in [1.54, 1.807) is 24.8 Å². The van der Waals surface area contributed by atoms with Crippen LogP contribution in [0.3, 0.4) is 0 Å². The smallest absolute Gasteiger partial charge is 0.234 e. The number of H-pyrrole nitrogens is 1.